The van der Waals surface area contributed by atoms with Gasteiger partial charge in [-0.05, 0) is 109 Å². The van der Waals surface area contributed by atoms with E-state index in [1.165, 1.54) is 12.7 Å². The minimum Gasteiger partial charge on any atom is -0.509 e. The molecule has 0 radical (unpaired) electrons. The Morgan fingerprint density at radius 2 is 0.967 bits per heavy atom. The molecular weight excluding hydrogens is 1350 g/mol. The normalized spacial score (nSPS) is 12.7. The minimum absolute atomic E-state index is 0. The molecule has 1 aliphatic rings. The molecule has 0 N–H and O–H groups in total. The fourth-order valence-electron chi connectivity index (χ4n) is 11.8. The molecule has 1 aliphatic heterocycles. The Morgan fingerprint density at radius 1 is 0.456 bits per heavy atom. The molecule has 0 fully saturated rings. The van der Waals surface area contributed by atoms with Gasteiger partial charge in [-0.15, -0.1) is 53.6 Å². The molecule has 0 saturated carbocycles. The van der Waals surface area contributed by atoms with Crippen LogP contribution in [0.5, 0.6) is 11.5 Å². The van der Waals surface area contributed by atoms with Gasteiger partial charge in [-0.3, -0.25) is 0 Å². The van der Waals surface area contributed by atoms with E-state index >= 15 is 35.1 Å². The number of aromatic nitrogens is 2. The summed E-state index contributed by atoms with van der Waals surface area (Å²) in [6.45, 7) is 20.7. The molecule has 9 aromatic carbocycles. The molecule has 90 heavy (non-hydrogen) atoms. The molecule has 0 aliphatic carbocycles. The van der Waals surface area contributed by atoms with Gasteiger partial charge in [-0.2, -0.15) is 6.07 Å². The van der Waals surface area contributed by atoms with Gasteiger partial charge in [0.15, 0.2) is 46.5 Å². The van der Waals surface area contributed by atoms with Gasteiger partial charge >= 0.3 is 0 Å². The molecule has 12 rings (SSSR count). The van der Waals surface area contributed by atoms with Gasteiger partial charge in [-0.1, -0.05) is 148 Å². The Kier molecular flexibility index (Phi) is 16.5. The number of nitrogens with zero attached hydrogens (tertiary/aromatic N) is 4. The summed E-state index contributed by atoms with van der Waals surface area (Å²) in [7, 11) is 0. The largest absolute Gasteiger partial charge is 0.509 e. The summed E-state index contributed by atoms with van der Waals surface area (Å²) < 4.78 is 168. The summed E-state index contributed by atoms with van der Waals surface area (Å²) in [5, 5.41) is 1.81. The summed E-state index contributed by atoms with van der Waals surface area (Å²) in [5.74, 6) is -22.7. The van der Waals surface area contributed by atoms with E-state index in [-0.39, 0.29) is 72.4 Å². The molecule has 0 spiro atoms. The molecule has 462 valence electrons. The number of fused-ring (bicyclic) bond motifs is 4. The van der Waals surface area contributed by atoms with Gasteiger partial charge < -0.3 is 19.1 Å². The van der Waals surface area contributed by atoms with Crippen LogP contribution in [0, 0.1) is 77.0 Å². The van der Waals surface area contributed by atoms with Gasteiger partial charge in [0.1, 0.15) is 5.82 Å². The number of hydrogen-bond acceptors (Lipinski definition) is 4. The van der Waals surface area contributed by atoms with E-state index in [9.17, 15) is 8.78 Å². The maximum atomic E-state index is 16.6. The van der Waals surface area contributed by atoms with Crippen molar-refractivity contribution in [3.63, 3.8) is 0 Å². The summed E-state index contributed by atoms with van der Waals surface area (Å²) in [4.78, 5) is 7.56. The first-order valence-electron chi connectivity index (χ1n) is 28.9. The van der Waals surface area contributed by atoms with E-state index in [4.69, 9.17) is 9.72 Å². The molecule has 0 bridgehead atoms. The Labute approximate surface area is 529 Å². The second-order valence-electron chi connectivity index (χ2n) is 24.9. The minimum atomic E-state index is -2.49. The third kappa shape index (κ3) is 10.8. The van der Waals surface area contributed by atoms with Crippen LogP contribution in [-0.2, 0) is 31.9 Å². The van der Waals surface area contributed by atoms with Crippen molar-refractivity contribution < 1.29 is 69.7 Å². The Hall–Kier alpha value is -8.68. The van der Waals surface area contributed by atoms with Crippen molar-refractivity contribution in [2.75, 3.05) is 9.80 Å². The molecule has 2 aromatic heterocycles. The molecule has 3 heterocycles. The predicted molar refractivity (Wildman–Crippen MR) is 331 cm³/mol. The fourth-order valence-corrected chi connectivity index (χ4v) is 11.8. The molecule has 11 aromatic rings. The molecule has 0 unspecified atom stereocenters. The van der Waals surface area contributed by atoms with Crippen LogP contribution < -0.4 is 14.5 Å². The summed E-state index contributed by atoms with van der Waals surface area (Å²) in [5.41, 5.74) is 1.63. The fraction of sp³-hybridized carbons (Fsp3) is 0.189. The Morgan fingerprint density at radius 3 is 1.51 bits per heavy atom. The maximum absolute atomic E-state index is 16.6. The zero-order valence-electron chi connectivity index (χ0n) is 50.4. The number of para-hydroxylation sites is 3. The van der Waals surface area contributed by atoms with Crippen LogP contribution in [0.15, 0.2) is 146 Å². The first-order valence-corrected chi connectivity index (χ1v) is 28.9. The van der Waals surface area contributed by atoms with Crippen molar-refractivity contribution >= 4 is 44.6 Å². The van der Waals surface area contributed by atoms with Crippen molar-refractivity contribution in [1.82, 2.24) is 9.55 Å². The van der Waals surface area contributed by atoms with Gasteiger partial charge in [-0.25, -0.2) is 48.9 Å². The predicted octanol–water partition coefficient (Wildman–Crippen LogP) is 21.9. The zero-order chi connectivity index (χ0) is 63.4. The monoisotopic (exact) mass is 1400 g/mol. The number of benzene rings is 9. The van der Waals surface area contributed by atoms with Gasteiger partial charge in [0.25, 0.3) is 0 Å². The molecular formula is C74H57F10N4OPt-3. The smallest absolute Gasteiger partial charge is 0.200 e. The molecule has 16 heteroatoms. The van der Waals surface area contributed by atoms with Crippen LogP contribution in [0.1, 0.15) is 103 Å². The van der Waals surface area contributed by atoms with Crippen LogP contribution in [0.4, 0.5) is 66.7 Å². The third-order valence-electron chi connectivity index (χ3n) is 16.4. The SMILES string of the molecule is CC(C)c1cc(-c2ccccc2)cc(C(C)C)c1-c1cc(Oc2[c-]c3c(cc2)c2ccccc2n3-c2cc(C(C)(C)C)ccn2)[c-]c(N2[CH-]N(c3c(-c4c(F)c(F)c(F)c(F)c4F)cc(C(C)(C)C)cc3-c3c(F)c(F)c(F)c(F)c3F)c3ccccc32)c1.[Pt]. The van der Waals surface area contributed by atoms with Crippen molar-refractivity contribution in [3.8, 4) is 61.8 Å². The average Bonchev–Trinajstić information content (AvgIpc) is 1.35. The van der Waals surface area contributed by atoms with Crippen molar-refractivity contribution in [1.29, 1.82) is 0 Å². The number of halogens is 10. The quantitative estimate of drug-likeness (QED) is 0.0559. The van der Waals surface area contributed by atoms with Gasteiger partial charge in [0.2, 0.25) is 11.6 Å². The molecule has 5 nitrogen and oxygen atoms in total. The number of rotatable bonds is 11. The maximum Gasteiger partial charge on any atom is 0.200 e. The summed E-state index contributed by atoms with van der Waals surface area (Å²) in [6.07, 6.45) is 1.78. The van der Waals surface area contributed by atoms with Crippen LogP contribution in [0.3, 0.4) is 0 Å². The van der Waals surface area contributed by atoms with E-state index in [0.29, 0.717) is 16.9 Å². The van der Waals surface area contributed by atoms with Crippen LogP contribution in [-0.4, -0.2) is 9.55 Å². The van der Waals surface area contributed by atoms with Crippen molar-refractivity contribution in [2.24, 2.45) is 0 Å². The van der Waals surface area contributed by atoms with Gasteiger partial charge in [0, 0.05) is 72.5 Å². The molecule has 0 saturated heterocycles. The molecule has 0 amide bonds. The number of pyridine rings is 1. The topological polar surface area (TPSA) is 33.5 Å². The number of anilines is 4. The first kappa shape index (κ1) is 62.9. The third-order valence-corrected chi connectivity index (χ3v) is 16.4. The standard InChI is InChI=1S/C74H57F10N4O.Pt/c1-38(2)50-30-41(40-18-12-11-13-19-40)31-51(39(3)4)59(50)42-28-45(35-47(29-42)89-46-24-25-49-48-20-14-15-21-54(48)88(57(49)36-46)58-34-43(26-27-85-58)73(5,6)7)86-37-87(56-23-17-16-22-55(56)86)72-52(60-62(75)66(79)70(83)67(80)63(60)76)32-44(74(8,9)10)33-53(72)61-64(77)68(81)71(84)69(82)65(61)78;/h11-34,37-39H,1-10H3;/q-3;. The van der Waals surface area contributed by atoms with Crippen molar-refractivity contribution in [3.05, 3.63) is 245 Å². The van der Waals surface area contributed by atoms with E-state index in [2.05, 4.69) is 72.7 Å². The van der Waals surface area contributed by atoms with E-state index in [1.807, 2.05) is 89.5 Å². The van der Waals surface area contributed by atoms with Crippen LogP contribution >= 0.6 is 0 Å². The van der Waals surface area contributed by atoms with E-state index in [1.54, 1.807) is 56.1 Å². The molecule has 0 atom stereocenters. The van der Waals surface area contributed by atoms with Crippen LogP contribution in [0.2, 0.25) is 0 Å². The second-order valence-corrected chi connectivity index (χ2v) is 24.9. The number of hydrogen-bond donors (Lipinski definition) is 0. The Balaban J connectivity index is 0.00000833. The van der Waals surface area contributed by atoms with E-state index in [0.717, 1.165) is 66.7 Å². The average molecular weight is 1400 g/mol. The van der Waals surface area contributed by atoms with Crippen molar-refractivity contribution in [2.45, 2.75) is 91.9 Å². The summed E-state index contributed by atoms with van der Waals surface area (Å²) in [6, 6.07) is 49.0. The van der Waals surface area contributed by atoms with E-state index < -0.39 is 91.5 Å². The number of ether oxygens (including phenoxy) is 1. The first-order chi connectivity index (χ1) is 42.2. The zero-order valence-corrected chi connectivity index (χ0v) is 52.7. The Bertz CT molecular complexity index is 4510. The summed E-state index contributed by atoms with van der Waals surface area (Å²) >= 11 is 0. The van der Waals surface area contributed by atoms with Crippen LogP contribution in [0.25, 0.3) is 72.1 Å². The van der Waals surface area contributed by atoms with Gasteiger partial charge in [0.05, 0.1) is 11.1 Å². The second kappa shape index (κ2) is 23.6.